The van der Waals surface area contributed by atoms with Crippen LogP contribution in [0.15, 0.2) is 35.5 Å². The molecule has 1 aliphatic rings. The molecule has 28 heavy (non-hydrogen) atoms. The van der Waals surface area contributed by atoms with Crippen molar-refractivity contribution in [1.82, 2.24) is 10.6 Å². The molecule has 0 spiro atoms. The number of hydrogen-bond donors (Lipinski definition) is 2. The second-order valence-corrected chi connectivity index (χ2v) is 6.02. The molecule has 8 nitrogen and oxygen atoms in total. The van der Waals surface area contributed by atoms with E-state index >= 15 is 0 Å². The zero-order valence-corrected chi connectivity index (χ0v) is 15.5. The lowest BCUT2D eigenvalue weighted by atomic mass is 10.0. The number of carbonyl (C=O) groups is 4. The predicted molar refractivity (Wildman–Crippen MR) is 95.7 cm³/mol. The average molecular weight is 392 g/mol. The van der Waals surface area contributed by atoms with Gasteiger partial charge in [-0.2, -0.15) is 0 Å². The molecule has 1 atom stereocenters. The average Bonchev–Trinajstić information content (AvgIpc) is 2.64. The van der Waals surface area contributed by atoms with Crippen LogP contribution in [0.1, 0.15) is 37.0 Å². The van der Waals surface area contributed by atoms with Crippen molar-refractivity contribution in [2.75, 3.05) is 13.2 Å². The lowest BCUT2D eigenvalue weighted by molar-refractivity contribution is -0.143. The van der Waals surface area contributed by atoms with E-state index in [1.165, 1.54) is 12.1 Å². The van der Waals surface area contributed by atoms with Crippen molar-refractivity contribution in [3.63, 3.8) is 0 Å². The number of rotatable bonds is 8. The van der Waals surface area contributed by atoms with Crippen LogP contribution in [-0.2, 0) is 19.1 Å². The Morgan fingerprint density at radius 3 is 2.43 bits per heavy atom. The van der Waals surface area contributed by atoms with Crippen LogP contribution < -0.4 is 10.6 Å². The fraction of sp³-hybridized carbons (Fsp3) is 0.368. The quantitative estimate of drug-likeness (QED) is 0.516. The van der Waals surface area contributed by atoms with Gasteiger partial charge in [0.05, 0.1) is 30.3 Å². The van der Waals surface area contributed by atoms with E-state index < -0.39 is 29.8 Å². The Morgan fingerprint density at radius 1 is 1.11 bits per heavy atom. The summed E-state index contributed by atoms with van der Waals surface area (Å²) < 4.78 is 22.9. The molecule has 9 heteroatoms. The van der Waals surface area contributed by atoms with Crippen molar-refractivity contribution in [3.8, 4) is 0 Å². The van der Waals surface area contributed by atoms with Gasteiger partial charge >= 0.3 is 18.0 Å². The number of esters is 2. The van der Waals surface area contributed by atoms with Crippen LogP contribution in [0.3, 0.4) is 0 Å². The van der Waals surface area contributed by atoms with Gasteiger partial charge in [0.1, 0.15) is 12.4 Å². The molecule has 2 rings (SSSR count). The maximum Gasteiger partial charge on any atom is 0.338 e. The number of benzene rings is 1. The Bertz CT molecular complexity index is 803. The third-order valence-electron chi connectivity index (χ3n) is 3.97. The number of amides is 2. The Labute approximate surface area is 161 Å². The summed E-state index contributed by atoms with van der Waals surface area (Å²) in [5.74, 6) is -2.08. The normalized spacial score (nSPS) is 16.1. The number of ketones is 1. The lowest BCUT2D eigenvalue weighted by Crippen LogP contribution is -2.50. The number of nitrogens with one attached hydrogen (secondary N) is 2. The molecule has 1 aliphatic heterocycles. The molecule has 1 aromatic carbocycles. The second kappa shape index (κ2) is 9.63. The van der Waals surface area contributed by atoms with Crippen molar-refractivity contribution in [3.05, 3.63) is 46.9 Å². The van der Waals surface area contributed by atoms with Crippen LogP contribution in [0.5, 0.6) is 0 Å². The van der Waals surface area contributed by atoms with Crippen LogP contribution in [0.2, 0.25) is 0 Å². The maximum absolute atomic E-state index is 12.9. The summed E-state index contributed by atoms with van der Waals surface area (Å²) in [4.78, 5) is 47.7. The molecule has 0 aromatic heterocycles. The first-order chi connectivity index (χ1) is 13.3. The van der Waals surface area contributed by atoms with Gasteiger partial charge in [-0.15, -0.1) is 0 Å². The summed E-state index contributed by atoms with van der Waals surface area (Å²) in [6.45, 7) is 3.07. The Kier molecular flexibility index (Phi) is 7.25. The molecular formula is C19H21FN2O6. The summed E-state index contributed by atoms with van der Waals surface area (Å²) in [6.07, 6.45) is -0.307. The molecule has 150 valence electrons. The summed E-state index contributed by atoms with van der Waals surface area (Å²) in [6, 6.07) is 3.86. The maximum atomic E-state index is 12.9. The number of Topliss-reactive ketones (excluding diaryl/α,β-unsaturated/α-hetero) is 1. The van der Waals surface area contributed by atoms with Gasteiger partial charge in [-0.1, -0.05) is 0 Å². The first kappa shape index (κ1) is 21.1. The van der Waals surface area contributed by atoms with E-state index in [-0.39, 0.29) is 43.1 Å². The van der Waals surface area contributed by atoms with Crippen LogP contribution in [0.25, 0.3) is 0 Å². The molecule has 0 aliphatic carbocycles. The van der Waals surface area contributed by atoms with Crippen LogP contribution >= 0.6 is 0 Å². The molecule has 0 saturated heterocycles. The number of halogens is 1. The Hall–Kier alpha value is -3.23. The van der Waals surface area contributed by atoms with Crippen molar-refractivity contribution in [2.24, 2.45) is 0 Å². The van der Waals surface area contributed by atoms with Crippen molar-refractivity contribution >= 4 is 23.8 Å². The monoisotopic (exact) mass is 392 g/mol. The molecule has 0 fully saturated rings. The second-order valence-electron chi connectivity index (χ2n) is 6.02. The van der Waals surface area contributed by atoms with Gasteiger partial charge in [-0.05, 0) is 38.1 Å². The SMILES string of the molecule is CCOC(=O)C1=C(COC(=O)CCC(=O)c2ccc(F)cc2)NC(=O)N[C@@H]1C. The first-order valence-corrected chi connectivity index (χ1v) is 8.73. The largest absolute Gasteiger partial charge is 0.463 e. The minimum absolute atomic E-state index is 0.113. The fourth-order valence-corrected chi connectivity index (χ4v) is 2.61. The van der Waals surface area contributed by atoms with E-state index in [1.807, 2.05) is 0 Å². The molecule has 2 N–H and O–H groups in total. The molecule has 1 heterocycles. The van der Waals surface area contributed by atoms with Gasteiger partial charge in [-0.3, -0.25) is 9.59 Å². The number of hydrogen-bond acceptors (Lipinski definition) is 6. The lowest BCUT2D eigenvalue weighted by Gasteiger charge is -2.26. The predicted octanol–water partition coefficient (Wildman–Crippen LogP) is 1.85. The van der Waals surface area contributed by atoms with E-state index in [0.717, 1.165) is 12.1 Å². The van der Waals surface area contributed by atoms with E-state index in [4.69, 9.17) is 9.47 Å². The highest BCUT2D eigenvalue weighted by Crippen LogP contribution is 2.15. The number of carbonyl (C=O) groups excluding carboxylic acids is 4. The van der Waals surface area contributed by atoms with Gasteiger partial charge in [0.25, 0.3) is 0 Å². The Balaban J connectivity index is 1.94. The standard InChI is InChI=1S/C19H21FN2O6/c1-3-27-18(25)17-11(2)21-19(26)22-14(17)10-28-16(24)9-8-15(23)12-4-6-13(20)7-5-12/h4-7,11H,3,8-10H2,1-2H3,(H2,21,22,26)/t11-/m1/s1. The fourth-order valence-electron chi connectivity index (χ4n) is 2.61. The van der Waals surface area contributed by atoms with E-state index in [0.29, 0.717) is 5.56 Å². The zero-order chi connectivity index (χ0) is 20.7. The number of ether oxygens (including phenoxy) is 2. The van der Waals surface area contributed by atoms with Crippen molar-refractivity contribution in [1.29, 1.82) is 0 Å². The molecule has 0 radical (unpaired) electrons. The third-order valence-corrected chi connectivity index (χ3v) is 3.97. The highest BCUT2D eigenvalue weighted by atomic mass is 19.1. The van der Waals surface area contributed by atoms with Crippen molar-refractivity contribution in [2.45, 2.75) is 32.7 Å². The molecule has 0 saturated carbocycles. The smallest absolute Gasteiger partial charge is 0.338 e. The van der Waals surface area contributed by atoms with Crippen LogP contribution in [0.4, 0.5) is 9.18 Å². The van der Waals surface area contributed by atoms with E-state index in [1.54, 1.807) is 13.8 Å². The minimum Gasteiger partial charge on any atom is -0.463 e. The van der Waals surface area contributed by atoms with Gasteiger partial charge in [0.15, 0.2) is 5.78 Å². The topological polar surface area (TPSA) is 111 Å². The summed E-state index contributed by atoms with van der Waals surface area (Å²) in [5, 5.41) is 4.96. The van der Waals surface area contributed by atoms with Crippen LogP contribution in [0, 0.1) is 5.82 Å². The van der Waals surface area contributed by atoms with Gasteiger partial charge in [0.2, 0.25) is 0 Å². The van der Waals surface area contributed by atoms with E-state index in [9.17, 15) is 23.6 Å². The summed E-state index contributed by atoms with van der Waals surface area (Å²) in [5.41, 5.74) is 0.588. The molecule has 0 unspecified atom stereocenters. The highest BCUT2D eigenvalue weighted by Gasteiger charge is 2.30. The molecule has 0 bridgehead atoms. The zero-order valence-electron chi connectivity index (χ0n) is 15.5. The highest BCUT2D eigenvalue weighted by molar-refractivity contribution is 5.97. The van der Waals surface area contributed by atoms with E-state index in [2.05, 4.69) is 10.6 Å². The molecular weight excluding hydrogens is 371 g/mol. The minimum atomic E-state index is -0.674. The van der Waals surface area contributed by atoms with Crippen molar-refractivity contribution < 1.29 is 33.0 Å². The Morgan fingerprint density at radius 2 is 1.79 bits per heavy atom. The molecule has 1 aromatic rings. The summed E-state index contributed by atoms with van der Waals surface area (Å²) >= 11 is 0. The third kappa shape index (κ3) is 5.63. The molecule has 2 amide bonds. The summed E-state index contributed by atoms with van der Waals surface area (Å²) in [7, 11) is 0. The van der Waals surface area contributed by atoms with Crippen LogP contribution in [-0.4, -0.2) is 43.0 Å². The number of urea groups is 1. The van der Waals surface area contributed by atoms with Gasteiger partial charge in [0, 0.05) is 12.0 Å². The van der Waals surface area contributed by atoms with Gasteiger partial charge < -0.3 is 20.1 Å². The first-order valence-electron chi connectivity index (χ1n) is 8.73. The van der Waals surface area contributed by atoms with Gasteiger partial charge in [-0.25, -0.2) is 14.0 Å².